The predicted octanol–water partition coefficient (Wildman–Crippen LogP) is 2.71. The molecule has 1 aromatic heterocycles. The van der Waals surface area contributed by atoms with E-state index in [4.69, 9.17) is 11.0 Å². The van der Waals surface area contributed by atoms with Gasteiger partial charge in [-0.05, 0) is 13.8 Å². The smallest absolute Gasteiger partial charge is 0.163 e. The van der Waals surface area contributed by atoms with Gasteiger partial charge in [0.15, 0.2) is 5.82 Å². The fourth-order valence-electron chi connectivity index (χ4n) is 2.09. The van der Waals surface area contributed by atoms with E-state index in [2.05, 4.69) is 16.0 Å². The van der Waals surface area contributed by atoms with Gasteiger partial charge in [0.1, 0.15) is 11.6 Å². The number of hydrogen-bond donors (Lipinski definition) is 1. The van der Waals surface area contributed by atoms with Gasteiger partial charge in [0, 0.05) is 24.7 Å². The second kappa shape index (κ2) is 6.71. The number of anilines is 2. The minimum atomic E-state index is -0.0682. The van der Waals surface area contributed by atoms with Gasteiger partial charge in [0.2, 0.25) is 0 Å². The van der Waals surface area contributed by atoms with Crippen LogP contribution in [0.25, 0.3) is 11.4 Å². The molecule has 0 aliphatic carbocycles. The second-order valence-electron chi connectivity index (χ2n) is 4.91. The van der Waals surface area contributed by atoms with Crippen molar-refractivity contribution in [2.24, 2.45) is 5.92 Å². The summed E-state index contributed by atoms with van der Waals surface area (Å²) in [6.07, 6.45) is 0. The predicted molar refractivity (Wildman–Crippen MR) is 84.5 cm³/mol. The number of nitrogens with zero attached hydrogens (tertiary/aromatic N) is 4. The highest BCUT2D eigenvalue weighted by Crippen LogP contribution is 2.21. The molecule has 0 fully saturated rings. The van der Waals surface area contributed by atoms with E-state index in [-0.39, 0.29) is 5.92 Å². The maximum atomic E-state index is 8.98. The van der Waals surface area contributed by atoms with Crippen LogP contribution in [0.3, 0.4) is 0 Å². The number of nitriles is 1. The first-order chi connectivity index (χ1) is 10.1. The number of rotatable bonds is 5. The van der Waals surface area contributed by atoms with Crippen molar-refractivity contribution in [3.05, 3.63) is 36.4 Å². The molecule has 1 aromatic carbocycles. The molecule has 5 heteroatoms. The number of benzene rings is 1. The SMILES string of the molecule is CCN(CC(C)C#N)c1cc(N)nc(-c2ccccc2)n1. The van der Waals surface area contributed by atoms with E-state index < -0.39 is 0 Å². The minimum absolute atomic E-state index is 0.0682. The molecule has 1 heterocycles. The average Bonchev–Trinajstić information content (AvgIpc) is 2.52. The summed E-state index contributed by atoms with van der Waals surface area (Å²) in [6, 6.07) is 13.7. The molecule has 2 aromatic rings. The Morgan fingerprint density at radius 3 is 2.62 bits per heavy atom. The van der Waals surface area contributed by atoms with Gasteiger partial charge in [-0.2, -0.15) is 5.26 Å². The molecule has 5 nitrogen and oxygen atoms in total. The average molecular weight is 281 g/mol. The van der Waals surface area contributed by atoms with E-state index in [1.165, 1.54) is 0 Å². The summed E-state index contributed by atoms with van der Waals surface area (Å²) >= 11 is 0. The first kappa shape index (κ1) is 14.8. The monoisotopic (exact) mass is 281 g/mol. The molecule has 2 N–H and O–H groups in total. The molecular weight excluding hydrogens is 262 g/mol. The van der Waals surface area contributed by atoms with Crippen molar-refractivity contribution in [3.63, 3.8) is 0 Å². The molecule has 0 bridgehead atoms. The van der Waals surface area contributed by atoms with Crippen molar-refractivity contribution in [1.82, 2.24) is 9.97 Å². The van der Waals surface area contributed by atoms with Gasteiger partial charge in [-0.25, -0.2) is 9.97 Å². The molecule has 108 valence electrons. The Hall–Kier alpha value is -2.61. The second-order valence-corrected chi connectivity index (χ2v) is 4.91. The Bertz CT molecular complexity index is 633. The third kappa shape index (κ3) is 3.69. The number of nitrogens with two attached hydrogens (primary N) is 1. The van der Waals surface area contributed by atoms with Crippen LogP contribution in [-0.2, 0) is 0 Å². The van der Waals surface area contributed by atoms with Crippen molar-refractivity contribution < 1.29 is 0 Å². The zero-order chi connectivity index (χ0) is 15.2. The first-order valence-corrected chi connectivity index (χ1v) is 6.98. The van der Waals surface area contributed by atoms with Gasteiger partial charge in [-0.3, -0.25) is 0 Å². The van der Waals surface area contributed by atoms with E-state index in [1.807, 2.05) is 49.1 Å². The molecule has 2 rings (SSSR count). The van der Waals surface area contributed by atoms with Gasteiger partial charge >= 0.3 is 0 Å². The van der Waals surface area contributed by atoms with Crippen molar-refractivity contribution in [3.8, 4) is 17.5 Å². The lowest BCUT2D eigenvalue weighted by Gasteiger charge is -2.23. The van der Waals surface area contributed by atoms with Crippen molar-refractivity contribution in [1.29, 1.82) is 5.26 Å². The quantitative estimate of drug-likeness (QED) is 0.911. The summed E-state index contributed by atoms with van der Waals surface area (Å²) in [5.74, 6) is 1.72. The van der Waals surface area contributed by atoms with Gasteiger partial charge in [-0.1, -0.05) is 30.3 Å². The highest BCUT2D eigenvalue weighted by atomic mass is 15.2. The zero-order valence-electron chi connectivity index (χ0n) is 12.3. The minimum Gasteiger partial charge on any atom is -0.384 e. The Morgan fingerprint density at radius 1 is 1.29 bits per heavy atom. The van der Waals surface area contributed by atoms with Crippen molar-refractivity contribution in [2.45, 2.75) is 13.8 Å². The molecule has 21 heavy (non-hydrogen) atoms. The lowest BCUT2D eigenvalue weighted by Crippen LogP contribution is -2.28. The van der Waals surface area contributed by atoms with Crippen molar-refractivity contribution in [2.75, 3.05) is 23.7 Å². The van der Waals surface area contributed by atoms with Crippen LogP contribution in [0.2, 0.25) is 0 Å². The van der Waals surface area contributed by atoms with Crippen LogP contribution >= 0.6 is 0 Å². The summed E-state index contributed by atoms with van der Waals surface area (Å²) in [7, 11) is 0. The van der Waals surface area contributed by atoms with Crippen LogP contribution in [0.15, 0.2) is 36.4 Å². The molecule has 0 saturated heterocycles. The number of aromatic nitrogens is 2. The van der Waals surface area contributed by atoms with Crippen LogP contribution in [0.5, 0.6) is 0 Å². The first-order valence-electron chi connectivity index (χ1n) is 6.98. The lowest BCUT2D eigenvalue weighted by atomic mass is 10.2. The van der Waals surface area contributed by atoms with Crippen molar-refractivity contribution >= 4 is 11.6 Å². The molecule has 0 radical (unpaired) electrons. The van der Waals surface area contributed by atoms with Gasteiger partial charge in [0.25, 0.3) is 0 Å². The molecule has 0 saturated carbocycles. The molecule has 0 spiro atoms. The molecule has 0 aliphatic heterocycles. The normalized spacial score (nSPS) is 11.7. The maximum absolute atomic E-state index is 8.98. The Balaban J connectivity index is 2.36. The Labute approximate surface area is 125 Å². The van der Waals surface area contributed by atoms with E-state index >= 15 is 0 Å². The van der Waals surface area contributed by atoms with Crippen LogP contribution in [0.4, 0.5) is 11.6 Å². The fourth-order valence-corrected chi connectivity index (χ4v) is 2.09. The Kier molecular flexibility index (Phi) is 4.72. The molecule has 0 aliphatic rings. The van der Waals surface area contributed by atoms with E-state index in [1.54, 1.807) is 6.07 Å². The summed E-state index contributed by atoms with van der Waals surface area (Å²) < 4.78 is 0. The fraction of sp³-hybridized carbons (Fsp3) is 0.312. The van der Waals surface area contributed by atoms with Gasteiger partial charge < -0.3 is 10.6 Å². The summed E-state index contributed by atoms with van der Waals surface area (Å²) in [4.78, 5) is 10.9. The summed E-state index contributed by atoms with van der Waals surface area (Å²) in [5.41, 5.74) is 6.84. The van der Waals surface area contributed by atoms with Crippen LogP contribution < -0.4 is 10.6 Å². The van der Waals surface area contributed by atoms with Crippen LogP contribution in [0, 0.1) is 17.2 Å². The van der Waals surface area contributed by atoms with E-state index in [0.29, 0.717) is 18.2 Å². The van der Waals surface area contributed by atoms with Crippen LogP contribution in [0.1, 0.15) is 13.8 Å². The zero-order valence-corrected chi connectivity index (χ0v) is 12.3. The van der Waals surface area contributed by atoms with E-state index in [0.717, 1.165) is 17.9 Å². The molecular formula is C16H19N5. The highest BCUT2D eigenvalue weighted by Gasteiger charge is 2.13. The van der Waals surface area contributed by atoms with E-state index in [9.17, 15) is 0 Å². The topological polar surface area (TPSA) is 78.8 Å². The van der Waals surface area contributed by atoms with Gasteiger partial charge in [0.05, 0.1) is 12.0 Å². The number of hydrogen-bond acceptors (Lipinski definition) is 5. The Morgan fingerprint density at radius 2 is 2.00 bits per heavy atom. The largest absolute Gasteiger partial charge is 0.384 e. The highest BCUT2D eigenvalue weighted by molar-refractivity contribution is 5.60. The van der Waals surface area contributed by atoms with Crippen LogP contribution in [-0.4, -0.2) is 23.1 Å². The summed E-state index contributed by atoms with van der Waals surface area (Å²) in [5, 5.41) is 8.98. The molecule has 1 atom stereocenters. The lowest BCUT2D eigenvalue weighted by molar-refractivity contribution is 0.679. The third-order valence-corrected chi connectivity index (χ3v) is 3.18. The standard InChI is InChI=1S/C16H19N5/c1-3-21(11-12(2)10-17)15-9-14(18)19-16(20-15)13-7-5-4-6-8-13/h4-9,12H,3,11H2,1-2H3,(H2,18,19,20). The third-order valence-electron chi connectivity index (χ3n) is 3.18. The number of nitrogen functional groups attached to an aromatic ring is 1. The summed E-state index contributed by atoms with van der Waals surface area (Å²) in [6.45, 7) is 5.31. The van der Waals surface area contributed by atoms with Gasteiger partial charge in [-0.15, -0.1) is 0 Å². The maximum Gasteiger partial charge on any atom is 0.163 e. The molecule has 0 amide bonds. The molecule has 1 unspecified atom stereocenters.